The summed E-state index contributed by atoms with van der Waals surface area (Å²) in [7, 11) is 0. The Labute approximate surface area is 138 Å². The van der Waals surface area contributed by atoms with E-state index in [1.165, 1.54) is 5.57 Å². The molecule has 2 aliphatic carbocycles. The van der Waals surface area contributed by atoms with Crippen LogP contribution in [0.1, 0.15) is 46.0 Å². The molecule has 3 rings (SSSR count). The molecule has 1 saturated heterocycles. The number of fused-ring (bicyclic) bond motifs is 1. The van der Waals surface area contributed by atoms with Crippen molar-refractivity contribution in [2.75, 3.05) is 0 Å². The van der Waals surface area contributed by atoms with Crippen LogP contribution in [-0.2, 0) is 9.53 Å². The number of carbonyl (C=O) groups is 1. The average molecular weight is 320 g/mol. The maximum Gasteiger partial charge on any atom is 0.308 e. The summed E-state index contributed by atoms with van der Waals surface area (Å²) in [5.74, 6) is 1.09. The molecule has 1 aliphatic heterocycles. The van der Waals surface area contributed by atoms with Gasteiger partial charge in [-0.05, 0) is 42.6 Å². The summed E-state index contributed by atoms with van der Waals surface area (Å²) >= 11 is 0. The molecule has 0 radical (unpaired) electrons. The van der Waals surface area contributed by atoms with Gasteiger partial charge in [0.2, 0.25) is 0 Å². The number of cyclic esters (lactones) is 1. The summed E-state index contributed by atoms with van der Waals surface area (Å²) in [5, 5.41) is 20.3. The Morgan fingerprint density at radius 1 is 1.22 bits per heavy atom. The summed E-state index contributed by atoms with van der Waals surface area (Å²) < 4.78 is 5.37. The zero-order valence-corrected chi connectivity index (χ0v) is 14.0. The number of allylic oxidation sites excluding steroid dienone is 3. The number of ether oxygens (including phenoxy) is 1. The highest BCUT2D eigenvalue weighted by Crippen LogP contribution is 2.43. The fourth-order valence-corrected chi connectivity index (χ4v) is 4.55. The molecule has 0 amide bonds. The molecule has 4 unspecified atom stereocenters. The fourth-order valence-electron chi connectivity index (χ4n) is 4.55. The molecule has 1 heterocycles. The highest BCUT2D eigenvalue weighted by atomic mass is 16.5. The van der Waals surface area contributed by atoms with Crippen LogP contribution in [0.5, 0.6) is 0 Å². The van der Waals surface area contributed by atoms with Crippen molar-refractivity contribution in [1.29, 1.82) is 0 Å². The van der Waals surface area contributed by atoms with Crippen molar-refractivity contribution >= 4 is 5.97 Å². The Morgan fingerprint density at radius 3 is 2.74 bits per heavy atom. The van der Waals surface area contributed by atoms with Crippen LogP contribution in [-0.4, -0.2) is 34.5 Å². The third-order valence-electron chi connectivity index (χ3n) is 5.68. The predicted octanol–water partition coefficient (Wildman–Crippen LogP) is 2.60. The number of aliphatic hydroxyl groups is 2. The Bertz CT molecular complexity index is 509. The van der Waals surface area contributed by atoms with Gasteiger partial charge in [-0.25, -0.2) is 0 Å². The van der Waals surface area contributed by atoms with Gasteiger partial charge in [0.05, 0.1) is 18.6 Å². The lowest BCUT2D eigenvalue weighted by Gasteiger charge is -2.42. The van der Waals surface area contributed by atoms with Crippen LogP contribution in [0.4, 0.5) is 0 Å². The second-order valence-corrected chi connectivity index (χ2v) is 7.64. The molecule has 0 spiro atoms. The molecule has 4 nitrogen and oxygen atoms in total. The van der Waals surface area contributed by atoms with E-state index in [4.69, 9.17) is 4.74 Å². The molecule has 7 atom stereocenters. The van der Waals surface area contributed by atoms with E-state index < -0.39 is 6.10 Å². The number of hydrogen-bond donors (Lipinski definition) is 2. The zero-order chi connectivity index (χ0) is 16.6. The number of esters is 1. The van der Waals surface area contributed by atoms with Gasteiger partial charge in [-0.2, -0.15) is 0 Å². The maximum atomic E-state index is 11.5. The monoisotopic (exact) mass is 320 g/mol. The van der Waals surface area contributed by atoms with Crippen LogP contribution < -0.4 is 0 Å². The van der Waals surface area contributed by atoms with Crippen LogP contribution in [0.25, 0.3) is 0 Å². The second kappa shape index (κ2) is 6.78. The Kier molecular flexibility index (Phi) is 4.93. The van der Waals surface area contributed by atoms with E-state index >= 15 is 0 Å². The molecule has 2 N–H and O–H groups in total. The van der Waals surface area contributed by atoms with Gasteiger partial charge in [0.25, 0.3) is 0 Å². The molecule has 4 heteroatoms. The van der Waals surface area contributed by atoms with Gasteiger partial charge < -0.3 is 14.9 Å². The van der Waals surface area contributed by atoms with E-state index in [1.807, 2.05) is 0 Å². The van der Waals surface area contributed by atoms with Crippen LogP contribution >= 0.6 is 0 Å². The topological polar surface area (TPSA) is 66.8 Å². The van der Waals surface area contributed by atoms with Crippen LogP contribution in [0.2, 0.25) is 0 Å². The largest absolute Gasteiger partial charge is 0.462 e. The summed E-state index contributed by atoms with van der Waals surface area (Å²) in [6.45, 7) is 4.35. The standard InChI is InChI=1S/C19H28O4/c1-11-7-13-4-3-12(2)16(19(13)17(21)8-11)6-5-15-9-14(20)10-18(22)23-15/h3-4,7,11-12,14-17,19-21H,5-6,8-10H2,1-2H3/t11-,12?,14?,15?,16?,17-,19-/m0/s1. The quantitative estimate of drug-likeness (QED) is 0.785. The maximum absolute atomic E-state index is 11.5. The molecular weight excluding hydrogens is 292 g/mol. The molecule has 0 aromatic carbocycles. The van der Waals surface area contributed by atoms with Crippen molar-refractivity contribution in [1.82, 2.24) is 0 Å². The predicted molar refractivity (Wildman–Crippen MR) is 87.5 cm³/mol. The van der Waals surface area contributed by atoms with E-state index in [0.29, 0.717) is 24.2 Å². The minimum absolute atomic E-state index is 0.116. The highest BCUT2D eigenvalue weighted by molar-refractivity contribution is 5.70. The van der Waals surface area contributed by atoms with E-state index in [0.717, 1.165) is 19.3 Å². The average Bonchev–Trinajstić information content (AvgIpc) is 2.45. The van der Waals surface area contributed by atoms with Crippen molar-refractivity contribution < 1.29 is 19.7 Å². The molecule has 0 aromatic rings. The Balaban J connectivity index is 1.67. The van der Waals surface area contributed by atoms with Crippen LogP contribution in [0.3, 0.4) is 0 Å². The first kappa shape index (κ1) is 16.7. The first-order valence-corrected chi connectivity index (χ1v) is 8.89. The Hall–Kier alpha value is -1.13. The first-order valence-electron chi connectivity index (χ1n) is 8.89. The van der Waals surface area contributed by atoms with Gasteiger partial charge in [-0.15, -0.1) is 0 Å². The third-order valence-corrected chi connectivity index (χ3v) is 5.68. The van der Waals surface area contributed by atoms with E-state index in [-0.39, 0.29) is 30.5 Å². The van der Waals surface area contributed by atoms with Gasteiger partial charge in [0.1, 0.15) is 6.10 Å². The lowest BCUT2D eigenvalue weighted by atomic mass is 9.65. The highest BCUT2D eigenvalue weighted by Gasteiger charge is 2.39. The SMILES string of the molecule is CC1C=CC2=C[C@H](C)C[C@H](O)[C@@H]2C1CCC1CC(O)CC(=O)O1. The van der Waals surface area contributed by atoms with Gasteiger partial charge in [0, 0.05) is 12.3 Å². The minimum Gasteiger partial charge on any atom is -0.462 e. The Morgan fingerprint density at radius 2 is 2.00 bits per heavy atom. The second-order valence-electron chi connectivity index (χ2n) is 7.64. The summed E-state index contributed by atoms with van der Waals surface area (Å²) in [6, 6.07) is 0. The van der Waals surface area contributed by atoms with Gasteiger partial charge in [0.15, 0.2) is 0 Å². The van der Waals surface area contributed by atoms with Crippen LogP contribution in [0.15, 0.2) is 23.8 Å². The number of carbonyl (C=O) groups excluding carboxylic acids is 1. The van der Waals surface area contributed by atoms with Gasteiger partial charge in [-0.3, -0.25) is 4.79 Å². The normalized spacial score (nSPS) is 43.6. The summed E-state index contributed by atoms with van der Waals surface area (Å²) in [6.07, 6.45) is 8.80. The number of aliphatic hydroxyl groups excluding tert-OH is 2. The van der Waals surface area contributed by atoms with Crippen molar-refractivity contribution in [2.24, 2.45) is 23.7 Å². The molecule has 1 fully saturated rings. The molecule has 128 valence electrons. The van der Waals surface area contributed by atoms with E-state index in [2.05, 4.69) is 32.1 Å². The van der Waals surface area contributed by atoms with E-state index in [9.17, 15) is 15.0 Å². The van der Waals surface area contributed by atoms with E-state index in [1.54, 1.807) is 0 Å². The van der Waals surface area contributed by atoms with Gasteiger partial charge >= 0.3 is 5.97 Å². The smallest absolute Gasteiger partial charge is 0.308 e. The summed E-state index contributed by atoms with van der Waals surface area (Å²) in [5.41, 5.74) is 1.26. The minimum atomic E-state index is -0.568. The lowest BCUT2D eigenvalue weighted by molar-refractivity contribution is -0.160. The fraction of sp³-hybridized carbons (Fsp3) is 0.737. The number of rotatable bonds is 3. The van der Waals surface area contributed by atoms with Gasteiger partial charge in [-0.1, -0.05) is 32.1 Å². The molecular formula is C19H28O4. The molecule has 0 saturated carbocycles. The molecule has 0 aromatic heterocycles. The molecule has 0 bridgehead atoms. The van der Waals surface area contributed by atoms with Crippen molar-refractivity contribution in [3.63, 3.8) is 0 Å². The lowest BCUT2D eigenvalue weighted by Crippen LogP contribution is -2.39. The van der Waals surface area contributed by atoms with Crippen LogP contribution in [0, 0.1) is 23.7 Å². The summed E-state index contributed by atoms with van der Waals surface area (Å²) in [4.78, 5) is 11.5. The molecule has 3 aliphatic rings. The number of hydrogen-bond acceptors (Lipinski definition) is 4. The van der Waals surface area contributed by atoms with Crippen molar-refractivity contribution in [3.05, 3.63) is 23.8 Å². The van der Waals surface area contributed by atoms with Crippen molar-refractivity contribution in [2.45, 2.75) is 64.3 Å². The third kappa shape index (κ3) is 3.69. The first-order chi connectivity index (χ1) is 10.9. The zero-order valence-electron chi connectivity index (χ0n) is 14.0. The van der Waals surface area contributed by atoms with Crippen molar-refractivity contribution in [3.8, 4) is 0 Å². The molecule has 23 heavy (non-hydrogen) atoms.